The molecule has 0 fully saturated rings. The molecule has 5 nitrogen and oxygen atoms in total. The zero-order valence-electron chi connectivity index (χ0n) is 10.8. The average Bonchev–Trinajstić information content (AvgIpc) is 2.85. The van der Waals surface area contributed by atoms with E-state index in [-0.39, 0.29) is 5.91 Å². The molecule has 1 aromatic carbocycles. The van der Waals surface area contributed by atoms with E-state index in [4.69, 9.17) is 0 Å². The second-order valence-electron chi connectivity index (χ2n) is 4.73. The predicted octanol–water partition coefficient (Wildman–Crippen LogP) is 1.62. The third-order valence-electron chi connectivity index (χ3n) is 3.41. The van der Waals surface area contributed by atoms with Crippen molar-refractivity contribution in [2.24, 2.45) is 0 Å². The fraction of sp³-hybridized carbons (Fsp3) is 0.286. The molecule has 0 radical (unpaired) electrons. The Bertz CT molecular complexity index is 618. The molecule has 0 bridgehead atoms. The number of para-hydroxylation sites is 1. The Morgan fingerprint density at radius 2 is 2.21 bits per heavy atom. The molecular formula is C14H16N4O. The van der Waals surface area contributed by atoms with Crippen LogP contribution in [0.4, 0.5) is 5.69 Å². The quantitative estimate of drug-likeness (QED) is 0.764. The SMILES string of the molecule is Cc1ccccc1NC(=O)c1n[nH]c2c1CNCC2. The van der Waals surface area contributed by atoms with Gasteiger partial charge >= 0.3 is 0 Å². The molecule has 2 aromatic rings. The second kappa shape index (κ2) is 4.85. The van der Waals surface area contributed by atoms with Gasteiger partial charge in [-0.15, -0.1) is 0 Å². The van der Waals surface area contributed by atoms with Gasteiger partial charge in [0.25, 0.3) is 5.91 Å². The maximum Gasteiger partial charge on any atom is 0.276 e. The highest BCUT2D eigenvalue weighted by Gasteiger charge is 2.21. The summed E-state index contributed by atoms with van der Waals surface area (Å²) in [6.07, 6.45) is 0.889. The van der Waals surface area contributed by atoms with Gasteiger partial charge in [-0.3, -0.25) is 9.89 Å². The van der Waals surface area contributed by atoms with Crippen LogP contribution in [-0.2, 0) is 13.0 Å². The van der Waals surface area contributed by atoms with Crippen LogP contribution >= 0.6 is 0 Å². The van der Waals surface area contributed by atoms with Crippen LogP contribution in [0.25, 0.3) is 0 Å². The van der Waals surface area contributed by atoms with E-state index in [0.717, 1.165) is 35.5 Å². The number of amides is 1. The lowest BCUT2D eigenvalue weighted by Gasteiger charge is -2.13. The van der Waals surface area contributed by atoms with Crippen LogP contribution in [0.3, 0.4) is 0 Å². The number of fused-ring (bicyclic) bond motifs is 1. The van der Waals surface area contributed by atoms with E-state index in [2.05, 4.69) is 20.8 Å². The van der Waals surface area contributed by atoms with Crippen LogP contribution < -0.4 is 10.6 Å². The maximum atomic E-state index is 12.3. The van der Waals surface area contributed by atoms with Crippen molar-refractivity contribution in [3.05, 3.63) is 46.8 Å². The lowest BCUT2D eigenvalue weighted by molar-refractivity contribution is 0.102. The average molecular weight is 256 g/mol. The second-order valence-corrected chi connectivity index (χ2v) is 4.73. The number of H-pyrrole nitrogens is 1. The first-order valence-corrected chi connectivity index (χ1v) is 6.39. The molecule has 0 aliphatic carbocycles. The minimum absolute atomic E-state index is 0.157. The Hall–Kier alpha value is -2.14. The van der Waals surface area contributed by atoms with Crippen LogP contribution in [0, 0.1) is 6.92 Å². The summed E-state index contributed by atoms with van der Waals surface area (Å²) in [7, 11) is 0. The normalized spacial score (nSPS) is 13.9. The van der Waals surface area contributed by atoms with Gasteiger partial charge in [0, 0.05) is 36.5 Å². The molecular weight excluding hydrogens is 240 g/mol. The van der Waals surface area contributed by atoms with Crippen molar-refractivity contribution in [3.63, 3.8) is 0 Å². The van der Waals surface area contributed by atoms with E-state index in [9.17, 15) is 4.79 Å². The first kappa shape index (κ1) is 11.9. The first-order chi connectivity index (χ1) is 9.25. The molecule has 0 saturated heterocycles. The Labute approximate surface area is 111 Å². The molecule has 98 valence electrons. The van der Waals surface area contributed by atoms with Crippen molar-refractivity contribution in [3.8, 4) is 0 Å². The van der Waals surface area contributed by atoms with E-state index in [0.29, 0.717) is 12.2 Å². The Morgan fingerprint density at radius 3 is 3.05 bits per heavy atom. The summed E-state index contributed by atoms with van der Waals surface area (Å²) in [5.74, 6) is -0.157. The number of hydrogen-bond acceptors (Lipinski definition) is 3. The first-order valence-electron chi connectivity index (χ1n) is 6.39. The van der Waals surface area contributed by atoms with Gasteiger partial charge in [0.1, 0.15) is 0 Å². The highest BCUT2D eigenvalue weighted by Crippen LogP contribution is 2.18. The van der Waals surface area contributed by atoms with E-state index in [1.165, 1.54) is 0 Å². The minimum atomic E-state index is -0.157. The zero-order chi connectivity index (χ0) is 13.2. The van der Waals surface area contributed by atoms with Crippen LogP contribution in [0.2, 0.25) is 0 Å². The van der Waals surface area contributed by atoms with E-state index in [1.807, 2.05) is 31.2 Å². The third kappa shape index (κ3) is 2.24. The number of aromatic nitrogens is 2. The van der Waals surface area contributed by atoms with Crippen molar-refractivity contribution < 1.29 is 4.79 Å². The summed E-state index contributed by atoms with van der Waals surface area (Å²) >= 11 is 0. The molecule has 19 heavy (non-hydrogen) atoms. The summed E-state index contributed by atoms with van der Waals surface area (Å²) in [5, 5.41) is 13.3. The number of nitrogens with one attached hydrogen (secondary N) is 3. The minimum Gasteiger partial charge on any atom is -0.320 e. The smallest absolute Gasteiger partial charge is 0.276 e. The molecule has 2 heterocycles. The number of hydrogen-bond donors (Lipinski definition) is 3. The van der Waals surface area contributed by atoms with Crippen LogP contribution in [0.15, 0.2) is 24.3 Å². The number of carbonyl (C=O) groups excluding carboxylic acids is 1. The zero-order valence-corrected chi connectivity index (χ0v) is 10.8. The molecule has 3 rings (SSSR count). The number of nitrogens with zero attached hydrogens (tertiary/aromatic N) is 1. The van der Waals surface area contributed by atoms with Gasteiger partial charge in [0.15, 0.2) is 5.69 Å². The van der Waals surface area contributed by atoms with Crippen LogP contribution in [-0.4, -0.2) is 22.6 Å². The highest BCUT2D eigenvalue weighted by atomic mass is 16.1. The highest BCUT2D eigenvalue weighted by molar-refractivity contribution is 6.04. The molecule has 0 atom stereocenters. The number of rotatable bonds is 2. The molecule has 1 aliphatic heterocycles. The summed E-state index contributed by atoms with van der Waals surface area (Å²) < 4.78 is 0. The van der Waals surface area contributed by atoms with Crippen LogP contribution in [0.5, 0.6) is 0 Å². The van der Waals surface area contributed by atoms with Crippen molar-refractivity contribution in [1.82, 2.24) is 15.5 Å². The molecule has 5 heteroatoms. The summed E-state index contributed by atoms with van der Waals surface area (Å²) in [6, 6.07) is 7.72. The number of anilines is 1. The number of aromatic amines is 1. The molecule has 0 spiro atoms. The summed E-state index contributed by atoms with van der Waals surface area (Å²) in [4.78, 5) is 12.3. The summed E-state index contributed by atoms with van der Waals surface area (Å²) in [5.41, 5.74) is 4.41. The molecule has 1 amide bonds. The van der Waals surface area contributed by atoms with Gasteiger partial charge in [0.05, 0.1) is 0 Å². The lowest BCUT2D eigenvalue weighted by Crippen LogP contribution is -2.25. The fourth-order valence-electron chi connectivity index (χ4n) is 2.31. The summed E-state index contributed by atoms with van der Waals surface area (Å²) in [6.45, 7) is 3.59. The lowest BCUT2D eigenvalue weighted by atomic mass is 10.1. The molecule has 3 N–H and O–H groups in total. The van der Waals surface area contributed by atoms with E-state index >= 15 is 0 Å². The Balaban J connectivity index is 1.85. The third-order valence-corrected chi connectivity index (χ3v) is 3.41. The molecule has 1 aliphatic rings. The number of benzene rings is 1. The monoisotopic (exact) mass is 256 g/mol. The fourth-order valence-corrected chi connectivity index (χ4v) is 2.31. The van der Waals surface area contributed by atoms with E-state index < -0.39 is 0 Å². The van der Waals surface area contributed by atoms with Gasteiger partial charge in [0.2, 0.25) is 0 Å². The van der Waals surface area contributed by atoms with Gasteiger partial charge in [-0.25, -0.2) is 0 Å². The maximum absolute atomic E-state index is 12.3. The number of aryl methyl sites for hydroxylation is 1. The van der Waals surface area contributed by atoms with Crippen molar-refractivity contribution in [1.29, 1.82) is 0 Å². The Kier molecular flexibility index (Phi) is 3.05. The molecule has 0 saturated carbocycles. The topological polar surface area (TPSA) is 69.8 Å². The predicted molar refractivity (Wildman–Crippen MR) is 73.1 cm³/mol. The van der Waals surface area contributed by atoms with Gasteiger partial charge in [-0.05, 0) is 18.6 Å². The van der Waals surface area contributed by atoms with Crippen molar-refractivity contribution in [2.45, 2.75) is 19.9 Å². The largest absolute Gasteiger partial charge is 0.320 e. The van der Waals surface area contributed by atoms with Crippen molar-refractivity contribution >= 4 is 11.6 Å². The van der Waals surface area contributed by atoms with Crippen molar-refractivity contribution in [2.75, 3.05) is 11.9 Å². The van der Waals surface area contributed by atoms with Gasteiger partial charge in [-0.2, -0.15) is 5.10 Å². The van der Waals surface area contributed by atoms with Gasteiger partial charge < -0.3 is 10.6 Å². The Morgan fingerprint density at radius 1 is 1.37 bits per heavy atom. The molecule has 0 unspecified atom stereocenters. The number of carbonyl (C=O) groups is 1. The van der Waals surface area contributed by atoms with E-state index in [1.54, 1.807) is 0 Å². The van der Waals surface area contributed by atoms with Gasteiger partial charge in [-0.1, -0.05) is 18.2 Å². The molecule has 1 aromatic heterocycles. The van der Waals surface area contributed by atoms with Crippen LogP contribution in [0.1, 0.15) is 27.3 Å². The standard InChI is InChI=1S/C14H16N4O/c1-9-4-2-3-5-11(9)16-14(19)13-10-8-15-7-6-12(10)17-18-13/h2-5,15H,6-8H2,1H3,(H,16,19)(H,17,18).